The van der Waals surface area contributed by atoms with E-state index in [-0.39, 0.29) is 11.2 Å². The molecule has 1 atom stereocenters. The first-order valence-corrected chi connectivity index (χ1v) is 4.71. The SMILES string of the molecule is CC(=O)C1(O)CCN(C)CC1(C)C. The molecule has 1 fully saturated rings. The summed E-state index contributed by atoms with van der Waals surface area (Å²) in [6.07, 6.45) is 0.547. The van der Waals surface area contributed by atoms with Gasteiger partial charge in [0.25, 0.3) is 0 Å². The van der Waals surface area contributed by atoms with Gasteiger partial charge in [-0.3, -0.25) is 4.79 Å². The van der Waals surface area contributed by atoms with Gasteiger partial charge in [0, 0.05) is 18.5 Å². The Balaban J connectivity index is 2.92. The lowest BCUT2D eigenvalue weighted by molar-refractivity contribution is -0.159. The van der Waals surface area contributed by atoms with Gasteiger partial charge in [0.05, 0.1) is 0 Å². The lowest BCUT2D eigenvalue weighted by Gasteiger charge is -2.47. The number of rotatable bonds is 1. The van der Waals surface area contributed by atoms with Gasteiger partial charge >= 0.3 is 0 Å². The Kier molecular flexibility index (Phi) is 2.52. The highest BCUT2D eigenvalue weighted by molar-refractivity contribution is 5.85. The van der Waals surface area contributed by atoms with Crippen LogP contribution in [0, 0.1) is 5.41 Å². The Morgan fingerprint density at radius 3 is 2.38 bits per heavy atom. The fourth-order valence-electron chi connectivity index (χ4n) is 2.23. The van der Waals surface area contributed by atoms with Crippen LogP contribution in [0.2, 0.25) is 0 Å². The number of carbonyl (C=O) groups is 1. The Labute approximate surface area is 79.7 Å². The topological polar surface area (TPSA) is 40.5 Å². The third-order valence-corrected chi connectivity index (χ3v) is 3.22. The van der Waals surface area contributed by atoms with Crippen LogP contribution in [0.4, 0.5) is 0 Å². The Morgan fingerprint density at radius 1 is 1.46 bits per heavy atom. The highest BCUT2D eigenvalue weighted by Crippen LogP contribution is 2.38. The van der Waals surface area contributed by atoms with Crippen molar-refractivity contribution in [3.63, 3.8) is 0 Å². The van der Waals surface area contributed by atoms with E-state index in [9.17, 15) is 9.90 Å². The number of hydrogen-bond acceptors (Lipinski definition) is 3. The summed E-state index contributed by atoms with van der Waals surface area (Å²) in [5, 5.41) is 10.2. The van der Waals surface area contributed by atoms with Crippen molar-refractivity contribution in [1.82, 2.24) is 4.90 Å². The van der Waals surface area contributed by atoms with Gasteiger partial charge in [-0.25, -0.2) is 0 Å². The van der Waals surface area contributed by atoms with E-state index in [0.29, 0.717) is 6.42 Å². The predicted molar refractivity (Wildman–Crippen MR) is 51.5 cm³/mol. The summed E-state index contributed by atoms with van der Waals surface area (Å²) in [4.78, 5) is 13.5. The molecule has 0 spiro atoms. The third-order valence-electron chi connectivity index (χ3n) is 3.22. The average Bonchev–Trinajstić information content (AvgIpc) is 1.96. The van der Waals surface area contributed by atoms with Crippen molar-refractivity contribution in [2.45, 2.75) is 32.8 Å². The lowest BCUT2D eigenvalue weighted by Crippen LogP contribution is -2.59. The first-order valence-electron chi connectivity index (χ1n) is 4.71. The second kappa shape index (κ2) is 3.07. The number of Topliss-reactive ketones (excluding diaryl/α,β-unsaturated/α-hetero) is 1. The zero-order valence-corrected chi connectivity index (χ0v) is 8.92. The quantitative estimate of drug-likeness (QED) is 0.652. The minimum absolute atomic E-state index is 0.106. The van der Waals surface area contributed by atoms with Gasteiger partial charge in [-0.15, -0.1) is 0 Å². The van der Waals surface area contributed by atoms with Crippen molar-refractivity contribution in [3.05, 3.63) is 0 Å². The maximum atomic E-state index is 11.4. The zero-order valence-electron chi connectivity index (χ0n) is 8.92. The van der Waals surface area contributed by atoms with Crippen LogP contribution in [0.3, 0.4) is 0 Å². The fraction of sp³-hybridized carbons (Fsp3) is 0.900. The van der Waals surface area contributed by atoms with E-state index < -0.39 is 5.60 Å². The number of ketones is 1. The molecule has 1 saturated heterocycles. The molecule has 0 aliphatic carbocycles. The van der Waals surface area contributed by atoms with Gasteiger partial charge in [0.2, 0.25) is 0 Å². The predicted octanol–water partition coefficient (Wildman–Crippen LogP) is 0.668. The van der Waals surface area contributed by atoms with E-state index in [4.69, 9.17) is 0 Å². The van der Waals surface area contributed by atoms with Crippen LogP contribution in [0.1, 0.15) is 27.2 Å². The molecule has 0 aromatic heterocycles. The zero-order chi connectivity index (χ0) is 10.3. The normalized spacial score (nSPS) is 34.5. The third kappa shape index (κ3) is 1.63. The van der Waals surface area contributed by atoms with Crippen LogP contribution < -0.4 is 0 Å². The molecule has 1 rings (SSSR count). The standard InChI is InChI=1S/C10H19NO2/c1-8(12)10(13)5-6-11(4)7-9(10,2)3/h13H,5-7H2,1-4H3. The molecule has 76 valence electrons. The van der Waals surface area contributed by atoms with E-state index in [1.165, 1.54) is 6.92 Å². The molecule has 0 aromatic rings. The van der Waals surface area contributed by atoms with Crippen molar-refractivity contribution in [1.29, 1.82) is 0 Å². The summed E-state index contributed by atoms with van der Waals surface area (Å²) in [6, 6.07) is 0. The smallest absolute Gasteiger partial charge is 0.161 e. The van der Waals surface area contributed by atoms with Crippen LogP contribution >= 0.6 is 0 Å². The molecule has 1 heterocycles. The van der Waals surface area contributed by atoms with E-state index in [2.05, 4.69) is 4.90 Å². The monoisotopic (exact) mass is 185 g/mol. The molecule has 3 nitrogen and oxygen atoms in total. The Hall–Kier alpha value is -0.410. The molecular weight excluding hydrogens is 166 g/mol. The van der Waals surface area contributed by atoms with Crippen LogP contribution in [-0.4, -0.2) is 41.5 Å². The molecule has 1 aliphatic rings. The molecule has 0 aromatic carbocycles. The van der Waals surface area contributed by atoms with Crippen molar-refractivity contribution in [3.8, 4) is 0 Å². The highest BCUT2D eigenvalue weighted by Gasteiger charge is 2.50. The van der Waals surface area contributed by atoms with Crippen LogP contribution in [0.5, 0.6) is 0 Å². The average molecular weight is 185 g/mol. The molecule has 1 aliphatic heterocycles. The molecule has 1 N–H and O–H groups in total. The summed E-state index contributed by atoms with van der Waals surface area (Å²) in [5.74, 6) is -0.106. The minimum atomic E-state index is -1.13. The van der Waals surface area contributed by atoms with E-state index in [0.717, 1.165) is 13.1 Å². The van der Waals surface area contributed by atoms with Crippen LogP contribution in [-0.2, 0) is 4.79 Å². The first kappa shape index (κ1) is 10.7. The van der Waals surface area contributed by atoms with E-state index in [1.807, 2.05) is 20.9 Å². The molecule has 1 unspecified atom stereocenters. The van der Waals surface area contributed by atoms with Crippen molar-refractivity contribution >= 4 is 5.78 Å². The molecule has 0 radical (unpaired) electrons. The van der Waals surface area contributed by atoms with Crippen molar-refractivity contribution < 1.29 is 9.90 Å². The minimum Gasteiger partial charge on any atom is -0.381 e. The second-order valence-corrected chi connectivity index (χ2v) is 4.79. The van der Waals surface area contributed by atoms with Gasteiger partial charge < -0.3 is 10.0 Å². The lowest BCUT2D eigenvalue weighted by atomic mass is 9.68. The maximum Gasteiger partial charge on any atom is 0.161 e. The maximum absolute atomic E-state index is 11.4. The van der Waals surface area contributed by atoms with Gasteiger partial charge in [0.15, 0.2) is 5.78 Å². The summed E-state index contributed by atoms with van der Waals surface area (Å²) >= 11 is 0. The molecule has 0 amide bonds. The Morgan fingerprint density at radius 2 is 2.00 bits per heavy atom. The molecule has 0 saturated carbocycles. The summed E-state index contributed by atoms with van der Waals surface area (Å²) < 4.78 is 0. The first-order chi connectivity index (χ1) is 5.79. The fourth-order valence-corrected chi connectivity index (χ4v) is 2.23. The molecule has 0 bridgehead atoms. The van der Waals surface area contributed by atoms with Crippen LogP contribution in [0.25, 0.3) is 0 Å². The number of carbonyl (C=O) groups excluding carboxylic acids is 1. The number of likely N-dealkylation sites (tertiary alicyclic amines) is 1. The van der Waals surface area contributed by atoms with Crippen molar-refractivity contribution in [2.24, 2.45) is 5.41 Å². The van der Waals surface area contributed by atoms with Crippen LogP contribution in [0.15, 0.2) is 0 Å². The number of nitrogens with zero attached hydrogens (tertiary/aromatic N) is 1. The second-order valence-electron chi connectivity index (χ2n) is 4.79. The molecule has 13 heavy (non-hydrogen) atoms. The van der Waals surface area contributed by atoms with E-state index in [1.54, 1.807) is 0 Å². The number of hydrogen-bond donors (Lipinski definition) is 1. The number of piperidine rings is 1. The summed E-state index contributed by atoms with van der Waals surface area (Å²) in [7, 11) is 2.02. The van der Waals surface area contributed by atoms with Gasteiger partial charge in [-0.2, -0.15) is 0 Å². The van der Waals surface area contributed by atoms with E-state index >= 15 is 0 Å². The largest absolute Gasteiger partial charge is 0.381 e. The molecular formula is C10H19NO2. The van der Waals surface area contributed by atoms with Crippen molar-refractivity contribution in [2.75, 3.05) is 20.1 Å². The summed E-state index contributed by atoms with van der Waals surface area (Å²) in [5.41, 5.74) is -1.47. The highest BCUT2D eigenvalue weighted by atomic mass is 16.3. The Bertz CT molecular complexity index is 225. The molecule has 3 heteroatoms. The van der Waals surface area contributed by atoms with Gasteiger partial charge in [-0.05, 0) is 20.4 Å². The summed E-state index contributed by atoms with van der Waals surface area (Å²) in [6.45, 7) is 6.93. The van der Waals surface area contributed by atoms with Gasteiger partial charge in [0.1, 0.15) is 5.60 Å². The number of aliphatic hydroxyl groups is 1. The van der Waals surface area contributed by atoms with Gasteiger partial charge in [-0.1, -0.05) is 13.8 Å².